The van der Waals surface area contributed by atoms with Gasteiger partial charge in [-0.1, -0.05) is 38.1 Å². The first kappa shape index (κ1) is 13.8. The summed E-state index contributed by atoms with van der Waals surface area (Å²) in [5.74, 6) is 0.530. The second kappa shape index (κ2) is 6.00. The van der Waals surface area contributed by atoms with E-state index in [1.165, 1.54) is 10.4 Å². The van der Waals surface area contributed by atoms with Gasteiger partial charge in [0.2, 0.25) is 0 Å². The van der Waals surface area contributed by atoms with Gasteiger partial charge in [-0.2, -0.15) is 0 Å². The Morgan fingerprint density at radius 1 is 1.11 bits per heavy atom. The van der Waals surface area contributed by atoms with E-state index in [0.29, 0.717) is 12.3 Å². The normalized spacial score (nSPS) is 12.9. The van der Waals surface area contributed by atoms with Gasteiger partial charge in [0, 0.05) is 15.8 Å². The Balaban J connectivity index is 2.09. The van der Waals surface area contributed by atoms with E-state index in [9.17, 15) is 5.11 Å². The molecule has 0 aliphatic carbocycles. The van der Waals surface area contributed by atoms with Gasteiger partial charge < -0.3 is 5.11 Å². The largest absolute Gasteiger partial charge is 0.388 e. The van der Waals surface area contributed by atoms with Crippen LogP contribution < -0.4 is 0 Å². The fraction of sp³-hybridized carbons (Fsp3) is 0.333. The Morgan fingerprint density at radius 3 is 2.22 bits per heavy atom. The second-order valence-corrected chi connectivity index (χ2v) is 6.59. The Morgan fingerprint density at radius 2 is 1.72 bits per heavy atom. The zero-order chi connectivity index (χ0) is 13.1. The lowest BCUT2D eigenvalue weighted by Gasteiger charge is -2.12. The zero-order valence-electron chi connectivity index (χ0n) is 10.6. The first-order valence-electron chi connectivity index (χ1n) is 6.07. The van der Waals surface area contributed by atoms with E-state index in [1.807, 2.05) is 23.6 Å². The molecule has 96 valence electrons. The summed E-state index contributed by atoms with van der Waals surface area (Å²) in [5.41, 5.74) is 2.29. The molecule has 0 fully saturated rings. The fourth-order valence-corrected chi connectivity index (χ4v) is 3.42. The maximum Gasteiger partial charge on any atom is 0.0838 e. The van der Waals surface area contributed by atoms with E-state index in [-0.39, 0.29) is 0 Å². The average molecular weight is 325 g/mol. The summed E-state index contributed by atoms with van der Waals surface area (Å²) in [6.45, 7) is 4.35. The molecular formula is C15H17BrOS. The average Bonchev–Trinajstić information content (AvgIpc) is 2.75. The molecule has 18 heavy (non-hydrogen) atoms. The summed E-state index contributed by atoms with van der Waals surface area (Å²) >= 11 is 5.17. The van der Waals surface area contributed by atoms with Gasteiger partial charge >= 0.3 is 0 Å². The van der Waals surface area contributed by atoms with Crippen molar-refractivity contribution < 1.29 is 5.11 Å². The van der Waals surface area contributed by atoms with Crippen molar-refractivity contribution in [3.8, 4) is 0 Å². The molecule has 1 heterocycles. The Labute approximate surface area is 121 Å². The number of aliphatic hydroxyl groups is 1. The minimum atomic E-state index is -0.429. The van der Waals surface area contributed by atoms with Crippen molar-refractivity contribution in [2.24, 2.45) is 0 Å². The molecule has 0 saturated carbocycles. The molecule has 0 bridgehead atoms. The lowest BCUT2D eigenvalue weighted by Crippen LogP contribution is -2.01. The van der Waals surface area contributed by atoms with Gasteiger partial charge in [-0.3, -0.25) is 0 Å². The summed E-state index contributed by atoms with van der Waals surface area (Å²) < 4.78 is 1.09. The lowest BCUT2D eigenvalue weighted by atomic mass is 9.99. The van der Waals surface area contributed by atoms with Crippen LogP contribution in [-0.2, 0) is 6.42 Å². The molecule has 0 saturated heterocycles. The highest BCUT2D eigenvalue weighted by molar-refractivity contribution is 9.10. The first-order valence-corrected chi connectivity index (χ1v) is 7.75. The van der Waals surface area contributed by atoms with Crippen molar-refractivity contribution in [1.82, 2.24) is 0 Å². The maximum absolute atomic E-state index is 10.2. The highest BCUT2D eigenvalue weighted by Crippen LogP contribution is 2.28. The molecule has 0 spiro atoms. The number of benzene rings is 1. The predicted octanol–water partition coefficient (Wildman–Crippen LogP) is 4.91. The van der Waals surface area contributed by atoms with Crippen LogP contribution in [0.4, 0.5) is 0 Å². The van der Waals surface area contributed by atoms with Crippen LogP contribution >= 0.6 is 27.3 Å². The highest BCUT2D eigenvalue weighted by atomic mass is 79.9. The number of aliphatic hydroxyl groups excluding tert-OH is 1. The van der Waals surface area contributed by atoms with Gasteiger partial charge in [0.15, 0.2) is 0 Å². The van der Waals surface area contributed by atoms with Crippen molar-refractivity contribution in [3.63, 3.8) is 0 Å². The number of hydrogen-bond donors (Lipinski definition) is 1. The summed E-state index contributed by atoms with van der Waals surface area (Å²) in [6.07, 6.45) is 0.236. The van der Waals surface area contributed by atoms with Gasteiger partial charge in [0.1, 0.15) is 0 Å². The van der Waals surface area contributed by atoms with Crippen molar-refractivity contribution in [3.05, 3.63) is 56.2 Å². The van der Waals surface area contributed by atoms with Crippen molar-refractivity contribution in [1.29, 1.82) is 0 Å². The van der Waals surface area contributed by atoms with Gasteiger partial charge in [-0.15, -0.1) is 11.3 Å². The predicted molar refractivity (Wildman–Crippen MR) is 81.2 cm³/mol. The summed E-state index contributed by atoms with van der Waals surface area (Å²) in [6, 6.07) is 10.3. The van der Waals surface area contributed by atoms with Crippen LogP contribution in [0.2, 0.25) is 0 Å². The summed E-state index contributed by atoms with van der Waals surface area (Å²) in [7, 11) is 0. The molecule has 0 radical (unpaired) electrons. The minimum absolute atomic E-state index is 0.429. The molecule has 1 N–H and O–H groups in total. The third-order valence-corrected chi connectivity index (χ3v) is 5.01. The SMILES string of the molecule is CC(C)c1ccc(C(O)Cc2sccc2Br)cc1. The molecular weight excluding hydrogens is 308 g/mol. The number of rotatable bonds is 4. The van der Waals surface area contributed by atoms with Gasteiger partial charge in [-0.05, 0) is 44.4 Å². The van der Waals surface area contributed by atoms with Crippen LogP contribution in [0, 0.1) is 0 Å². The van der Waals surface area contributed by atoms with Crippen LogP contribution in [0.5, 0.6) is 0 Å². The standard InChI is InChI=1S/C15H17BrOS/c1-10(2)11-3-5-12(6-4-11)14(17)9-15-13(16)7-8-18-15/h3-8,10,14,17H,9H2,1-2H3. The van der Waals surface area contributed by atoms with E-state index in [2.05, 4.69) is 41.9 Å². The molecule has 1 unspecified atom stereocenters. The van der Waals surface area contributed by atoms with Crippen LogP contribution in [0.25, 0.3) is 0 Å². The van der Waals surface area contributed by atoms with E-state index in [1.54, 1.807) is 11.3 Å². The molecule has 0 aliphatic heterocycles. The van der Waals surface area contributed by atoms with Crippen molar-refractivity contribution >= 4 is 27.3 Å². The van der Waals surface area contributed by atoms with Gasteiger partial charge in [0.25, 0.3) is 0 Å². The van der Waals surface area contributed by atoms with Gasteiger partial charge in [-0.25, -0.2) is 0 Å². The fourth-order valence-electron chi connectivity index (χ4n) is 1.87. The third-order valence-electron chi connectivity index (χ3n) is 3.06. The quantitative estimate of drug-likeness (QED) is 0.847. The Hall–Kier alpha value is -0.640. The Kier molecular flexibility index (Phi) is 4.60. The van der Waals surface area contributed by atoms with Crippen LogP contribution in [-0.4, -0.2) is 5.11 Å². The summed E-state index contributed by atoms with van der Waals surface area (Å²) in [4.78, 5) is 1.19. The molecule has 2 rings (SSSR count). The maximum atomic E-state index is 10.2. The molecule has 3 heteroatoms. The van der Waals surface area contributed by atoms with E-state index < -0.39 is 6.10 Å². The molecule has 1 nitrogen and oxygen atoms in total. The third kappa shape index (κ3) is 3.22. The van der Waals surface area contributed by atoms with Crippen LogP contribution in [0.3, 0.4) is 0 Å². The smallest absolute Gasteiger partial charge is 0.0838 e. The van der Waals surface area contributed by atoms with Crippen molar-refractivity contribution in [2.45, 2.75) is 32.3 Å². The number of thiophene rings is 1. The van der Waals surface area contributed by atoms with E-state index in [0.717, 1.165) is 10.0 Å². The molecule has 1 atom stereocenters. The minimum Gasteiger partial charge on any atom is -0.388 e. The lowest BCUT2D eigenvalue weighted by molar-refractivity contribution is 0.179. The highest BCUT2D eigenvalue weighted by Gasteiger charge is 2.12. The molecule has 1 aromatic carbocycles. The van der Waals surface area contributed by atoms with E-state index in [4.69, 9.17) is 0 Å². The first-order chi connectivity index (χ1) is 8.58. The molecule has 2 aromatic rings. The Bertz CT molecular complexity index is 501. The van der Waals surface area contributed by atoms with Crippen molar-refractivity contribution in [2.75, 3.05) is 0 Å². The molecule has 0 amide bonds. The number of hydrogen-bond acceptors (Lipinski definition) is 2. The molecule has 1 aromatic heterocycles. The van der Waals surface area contributed by atoms with Gasteiger partial charge in [0.05, 0.1) is 6.10 Å². The topological polar surface area (TPSA) is 20.2 Å². The van der Waals surface area contributed by atoms with E-state index >= 15 is 0 Å². The van der Waals surface area contributed by atoms with Crippen LogP contribution in [0.1, 0.15) is 41.9 Å². The monoisotopic (exact) mass is 324 g/mol. The summed E-state index contributed by atoms with van der Waals surface area (Å²) in [5, 5.41) is 12.3. The second-order valence-electron chi connectivity index (χ2n) is 4.73. The number of halogens is 1. The zero-order valence-corrected chi connectivity index (χ0v) is 13.0. The molecule has 0 aliphatic rings. The van der Waals surface area contributed by atoms with Crippen LogP contribution in [0.15, 0.2) is 40.2 Å².